The lowest BCUT2D eigenvalue weighted by Crippen LogP contribution is -2.43. The van der Waals surface area contributed by atoms with Crippen molar-refractivity contribution in [2.45, 2.75) is 63.9 Å². The van der Waals surface area contributed by atoms with E-state index in [0.29, 0.717) is 22.2 Å². The molecule has 5 rings (SSSR count). The van der Waals surface area contributed by atoms with Crippen LogP contribution in [0.3, 0.4) is 0 Å². The first-order valence-electron chi connectivity index (χ1n) is 12.9. The molecule has 1 saturated carbocycles. The van der Waals surface area contributed by atoms with Crippen molar-refractivity contribution in [3.63, 3.8) is 0 Å². The van der Waals surface area contributed by atoms with Crippen LogP contribution >= 0.6 is 0 Å². The zero-order valence-electron chi connectivity index (χ0n) is 21.7. The van der Waals surface area contributed by atoms with Crippen molar-refractivity contribution in [2.24, 2.45) is 11.8 Å². The Balaban J connectivity index is 1.45. The summed E-state index contributed by atoms with van der Waals surface area (Å²) in [5.41, 5.74) is 1.74. The van der Waals surface area contributed by atoms with Crippen LogP contribution in [0.15, 0.2) is 59.6 Å². The highest BCUT2D eigenvalue weighted by molar-refractivity contribution is 7.93. The molecule has 9 nitrogen and oxygen atoms in total. The van der Waals surface area contributed by atoms with Gasteiger partial charge in [0.25, 0.3) is 10.0 Å². The minimum Gasteiger partial charge on any atom is -0.477 e. The summed E-state index contributed by atoms with van der Waals surface area (Å²) < 4.78 is 28.8. The van der Waals surface area contributed by atoms with E-state index in [9.17, 15) is 23.1 Å². The number of rotatable bonds is 6. The number of aromatic nitrogens is 2. The van der Waals surface area contributed by atoms with Gasteiger partial charge in [-0.05, 0) is 81.3 Å². The fourth-order valence-electron chi connectivity index (χ4n) is 5.38. The van der Waals surface area contributed by atoms with Crippen molar-refractivity contribution in [3.8, 4) is 5.69 Å². The summed E-state index contributed by atoms with van der Waals surface area (Å²) in [6, 6.07) is 13.4. The molecule has 1 aliphatic heterocycles. The lowest BCUT2D eigenvalue weighted by molar-refractivity contribution is -0.124. The Morgan fingerprint density at radius 1 is 1.00 bits per heavy atom. The predicted octanol–water partition coefficient (Wildman–Crippen LogP) is 4.85. The number of aromatic carboxylic acids is 1. The number of sulfonamides is 1. The molecule has 1 aliphatic carbocycles. The van der Waals surface area contributed by atoms with Gasteiger partial charge in [-0.25, -0.2) is 17.9 Å². The standard InChI is InChI=1S/C28H32N4O5S/c1-18(2)32(27(33)20-10-8-19(3)9-11-20)26-24(28(34)35)17-30(29-26)22-12-14-23(15-13-22)31-16-21-6-4-5-7-25(21)38(31,36)37/h4-7,12-15,17-20H,8-11,16H2,1-3H3,(H,34,35). The summed E-state index contributed by atoms with van der Waals surface area (Å²) in [6.07, 6.45) is 4.94. The Hall–Kier alpha value is -3.66. The van der Waals surface area contributed by atoms with Gasteiger partial charge in [-0.1, -0.05) is 25.1 Å². The molecule has 1 N–H and O–H groups in total. The Morgan fingerprint density at radius 2 is 1.63 bits per heavy atom. The molecule has 38 heavy (non-hydrogen) atoms. The number of carboxylic acid groups (broad SMARTS) is 1. The summed E-state index contributed by atoms with van der Waals surface area (Å²) in [6.45, 7) is 6.15. The number of hydrogen-bond donors (Lipinski definition) is 1. The van der Waals surface area contributed by atoms with Crippen LogP contribution in [0.25, 0.3) is 5.69 Å². The number of hydrogen-bond acceptors (Lipinski definition) is 5. The molecule has 3 aromatic rings. The molecule has 0 saturated heterocycles. The third-order valence-electron chi connectivity index (χ3n) is 7.53. The van der Waals surface area contributed by atoms with Crippen molar-refractivity contribution in [1.29, 1.82) is 0 Å². The van der Waals surface area contributed by atoms with E-state index in [1.807, 2.05) is 19.9 Å². The molecule has 0 unspecified atom stereocenters. The molecule has 0 bridgehead atoms. The normalized spacial score (nSPS) is 20.4. The van der Waals surface area contributed by atoms with Crippen LogP contribution in [0.4, 0.5) is 11.5 Å². The fraction of sp³-hybridized carbons (Fsp3) is 0.393. The van der Waals surface area contributed by atoms with Crippen LogP contribution in [-0.4, -0.2) is 41.2 Å². The molecule has 0 atom stereocenters. The number of anilines is 2. The van der Waals surface area contributed by atoms with Gasteiger partial charge in [0, 0.05) is 18.2 Å². The topological polar surface area (TPSA) is 113 Å². The molecular formula is C28H32N4O5S. The van der Waals surface area contributed by atoms with Gasteiger partial charge in [0.05, 0.1) is 22.8 Å². The molecule has 1 fully saturated rings. The first-order chi connectivity index (χ1) is 18.1. The van der Waals surface area contributed by atoms with Crippen LogP contribution in [0.5, 0.6) is 0 Å². The number of amides is 1. The maximum atomic E-state index is 13.5. The van der Waals surface area contributed by atoms with Crippen LogP contribution in [0.2, 0.25) is 0 Å². The van der Waals surface area contributed by atoms with Gasteiger partial charge in [0.1, 0.15) is 5.56 Å². The molecule has 1 amide bonds. The molecule has 1 aromatic heterocycles. The monoisotopic (exact) mass is 536 g/mol. The Kier molecular flexibility index (Phi) is 6.77. The van der Waals surface area contributed by atoms with Crippen molar-refractivity contribution in [3.05, 3.63) is 65.9 Å². The molecular weight excluding hydrogens is 504 g/mol. The quantitative estimate of drug-likeness (QED) is 0.482. The molecule has 2 aromatic carbocycles. The van der Waals surface area contributed by atoms with Gasteiger partial charge in [0.2, 0.25) is 5.91 Å². The highest BCUT2D eigenvalue weighted by Crippen LogP contribution is 2.35. The van der Waals surface area contributed by atoms with Crippen molar-refractivity contribution >= 4 is 33.4 Å². The van der Waals surface area contributed by atoms with E-state index in [1.165, 1.54) is 20.1 Å². The highest BCUT2D eigenvalue weighted by atomic mass is 32.2. The molecule has 2 heterocycles. The molecule has 10 heteroatoms. The van der Waals surface area contributed by atoms with E-state index in [-0.39, 0.29) is 35.8 Å². The highest BCUT2D eigenvalue weighted by Gasteiger charge is 2.35. The van der Waals surface area contributed by atoms with Gasteiger partial charge >= 0.3 is 5.97 Å². The Bertz CT molecular complexity index is 1470. The molecule has 2 aliphatic rings. The largest absolute Gasteiger partial charge is 0.477 e. The van der Waals surface area contributed by atoms with Gasteiger partial charge in [-0.2, -0.15) is 0 Å². The van der Waals surface area contributed by atoms with Crippen molar-refractivity contribution in [2.75, 3.05) is 9.21 Å². The van der Waals surface area contributed by atoms with Crippen LogP contribution in [0.1, 0.15) is 62.4 Å². The Labute approximate surface area is 222 Å². The van der Waals surface area contributed by atoms with Crippen LogP contribution in [-0.2, 0) is 21.4 Å². The van der Waals surface area contributed by atoms with E-state index in [1.54, 1.807) is 42.5 Å². The predicted molar refractivity (Wildman–Crippen MR) is 144 cm³/mol. The number of nitrogens with zero attached hydrogens (tertiary/aromatic N) is 4. The van der Waals surface area contributed by atoms with E-state index in [0.717, 1.165) is 31.2 Å². The third kappa shape index (κ3) is 4.57. The maximum absolute atomic E-state index is 13.5. The first kappa shape index (κ1) is 26.0. The lowest BCUT2D eigenvalue weighted by atomic mass is 9.82. The van der Waals surface area contributed by atoms with Gasteiger partial charge in [0.15, 0.2) is 5.82 Å². The SMILES string of the molecule is CC1CCC(C(=O)N(c2nn(-c3ccc(N4Cc5ccccc5S4(=O)=O)cc3)cc2C(=O)O)C(C)C)CC1. The summed E-state index contributed by atoms with van der Waals surface area (Å²) in [5, 5.41) is 14.5. The summed E-state index contributed by atoms with van der Waals surface area (Å²) in [4.78, 5) is 27.5. The molecule has 200 valence electrons. The minimum absolute atomic E-state index is 0.0575. The van der Waals surface area contributed by atoms with E-state index in [2.05, 4.69) is 12.0 Å². The second-order valence-electron chi connectivity index (χ2n) is 10.5. The Morgan fingerprint density at radius 3 is 2.24 bits per heavy atom. The lowest BCUT2D eigenvalue weighted by Gasteiger charge is -2.32. The van der Waals surface area contributed by atoms with E-state index in [4.69, 9.17) is 0 Å². The zero-order chi connectivity index (χ0) is 27.2. The second-order valence-corrected chi connectivity index (χ2v) is 12.3. The summed E-state index contributed by atoms with van der Waals surface area (Å²) in [7, 11) is -3.65. The van der Waals surface area contributed by atoms with E-state index < -0.39 is 16.0 Å². The average Bonchev–Trinajstić information content (AvgIpc) is 3.44. The summed E-state index contributed by atoms with van der Waals surface area (Å²) in [5.74, 6) is -0.690. The van der Waals surface area contributed by atoms with Gasteiger partial charge < -0.3 is 5.11 Å². The number of carbonyl (C=O) groups excluding carboxylic acids is 1. The first-order valence-corrected chi connectivity index (χ1v) is 14.4. The average molecular weight is 537 g/mol. The zero-order valence-corrected chi connectivity index (χ0v) is 22.6. The minimum atomic E-state index is -3.65. The van der Waals surface area contributed by atoms with Crippen molar-refractivity contribution in [1.82, 2.24) is 9.78 Å². The molecule has 0 spiro atoms. The van der Waals surface area contributed by atoms with Gasteiger partial charge in [-0.15, -0.1) is 5.10 Å². The van der Waals surface area contributed by atoms with Crippen molar-refractivity contribution < 1.29 is 23.1 Å². The fourth-order valence-corrected chi connectivity index (χ4v) is 7.04. The maximum Gasteiger partial charge on any atom is 0.341 e. The molecule has 0 radical (unpaired) electrons. The van der Waals surface area contributed by atoms with E-state index >= 15 is 0 Å². The number of benzene rings is 2. The van der Waals surface area contributed by atoms with Crippen LogP contribution in [0, 0.1) is 11.8 Å². The number of carboxylic acids is 1. The number of carbonyl (C=O) groups is 2. The smallest absolute Gasteiger partial charge is 0.341 e. The second kappa shape index (κ2) is 9.90. The van der Waals surface area contributed by atoms with Gasteiger partial charge in [-0.3, -0.25) is 14.0 Å². The third-order valence-corrected chi connectivity index (χ3v) is 9.40. The number of fused-ring (bicyclic) bond motifs is 1. The van der Waals surface area contributed by atoms with Crippen LogP contribution < -0.4 is 9.21 Å². The summed E-state index contributed by atoms with van der Waals surface area (Å²) >= 11 is 0.